The van der Waals surface area contributed by atoms with Crippen LogP contribution in [-0.2, 0) is 0 Å². The predicted octanol–water partition coefficient (Wildman–Crippen LogP) is 5.02. The van der Waals surface area contributed by atoms with E-state index in [-0.39, 0.29) is 16.7 Å². The summed E-state index contributed by atoms with van der Waals surface area (Å²) in [5.41, 5.74) is 1.57. The monoisotopic (exact) mass is 360 g/mol. The van der Waals surface area contributed by atoms with Gasteiger partial charge in [-0.2, -0.15) is 0 Å². The second kappa shape index (κ2) is 6.86. The number of para-hydroxylation sites is 2. The lowest BCUT2D eigenvalue weighted by molar-refractivity contribution is 0.417. The van der Waals surface area contributed by atoms with Crippen LogP contribution in [-0.4, -0.2) is 22.3 Å². The highest BCUT2D eigenvalue weighted by Crippen LogP contribution is 2.39. The van der Waals surface area contributed by atoms with E-state index < -0.39 is 0 Å². The number of nitrogens with zero attached hydrogens (tertiary/aromatic N) is 2. The SMILES string of the molecule is COc1ccccc1NC(=S)N=Nc1c(O)[nH]c2cccc(Cl)c12. The van der Waals surface area contributed by atoms with Gasteiger partial charge in [0.25, 0.3) is 0 Å². The average molecular weight is 361 g/mol. The van der Waals surface area contributed by atoms with Gasteiger partial charge in [-0.25, -0.2) is 0 Å². The first-order valence-corrected chi connectivity index (χ1v) is 7.73. The van der Waals surface area contributed by atoms with Crippen molar-refractivity contribution in [3.63, 3.8) is 0 Å². The molecule has 0 saturated heterocycles. The van der Waals surface area contributed by atoms with Gasteiger partial charge in [-0.15, -0.1) is 10.2 Å². The van der Waals surface area contributed by atoms with Crippen LogP contribution in [0.25, 0.3) is 10.9 Å². The third kappa shape index (κ3) is 3.17. The van der Waals surface area contributed by atoms with Crippen molar-refractivity contribution in [2.24, 2.45) is 10.2 Å². The van der Waals surface area contributed by atoms with Crippen molar-refractivity contribution >= 4 is 51.2 Å². The molecule has 1 heterocycles. The number of nitrogens with one attached hydrogen (secondary N) is 2. The molecule has 0 amide bonds. The number of fused-ring (bicyclic) bond motifs is 1. The Morgan fingerprint density at radius 1 is 1.25 bits per heavy atom. The first kappa shape index (κ1) is 16.2. The highest BCUT2D eigenvalue weighted by atomic mass is 35.5. The molecule has 3 N–H and O–H groups in total. The van der Waals surface area contributed by atoms with Gasteiger partial charge in [0.2, 0.25) is 11.0 Å². The van der Waals surface area contributed by atoms with E-state index in [4.69, 9.17) is 28.6 Å². The molecule has 0 bridgehead atoms. The fourth-order valence-electron chi connectivity index (χ4n) is 2.26. The van der Waals surface area contributed by atoms with Crippen molar-refractivity contribution in [3.8, 4) is 11.6 Å². The third-order valence-corrected chi connectivity index (χ3v) is 3.82. The van der Waals surface area contributed by atoms with Gasteiger partial charge < -0.3 is 20.1 Å². The molecular formula is C16H13ClN4O2S. The van der Waals surface area contributed by atoms with Crippen molar-refractivity contribution in [1.82, 2.24) is 4.98 Å². The van der Waals surface area contributed by atoms with E-state index in [1.54, 1.807) is 37.4 Å². The summed E-state index contributed by atoms with van der Waals surface area (Å²) in [6.45, 7) is 0. The molecule has 122 valence electrons. The van der Waals surface area contributed by atoms with Crippen molar-refractivity contribution in [3.05, 3.63) is 47.5 Å². The number of aromatic nitrogens is 1. The number of anilines is 1. The zero-order valence-corrected chi connectivity index (χ0v) is 14.1. The Kier molecular flexibility index (Phi) is 4.64. The highest BCUT2D eigenvalue weighted by Gasteiger charge is 2.13. The van der Waals surface area contributed by atoms with Crippen LogP contribution >= 0.6 is 23.8 Å². The molecule has 0 unspecified atom stereocenters. The van der Waals surface area contributed by atoms with E-state index in [2.05, 4.69) is 20.5 Å². The van der Waals surface area contributed by atoms with Crippen LogP contribution in [0.2, 0.25) is 5.02 Å². The summed E-state index contributed by atoms with van der Waals surface area (Å²) in [5, 5.41) is 22.0. The Morgan fingerprint density at radius 3 is 2.83 bits per heavy atom. The molecule has 24 heavy (non-hydrogen) atoms. The van der Waals surface area contributed by atoms with Crippen LogP contribution in [0.15, 0.2) is 52.7 Å². The molecule has 3 rings (SSSR count). The highest BCUT2D eigenvalue weighted by molar-refractivity contribution is 7.80. The maximum atomic E-state index is 9.99. The number of ether oxygens (including phenoxy) is 1. The number of benzene rings is 2. The molecule has 3 aromatic rings. The summed E-state index contributed by atoms with van der Waals surface area (Å²) in [6.07, 6.45) is 0. The number of methoxy groups -OCH3 is 1. The summed E-state index contributed by atoms with van der Waals surface area (Å²) in [5.74, 6) is 0.509. The Hall–Kier alpha value is -2.64. The topological polar surface area (TPSA) is 82.0 Å². The molecule has 2 aromatic carbocycles. The first-order valence-electron chi connectivity index (χ1n) is 6.95. The van der Waals surface area contributed by atoms with Gasteiger partial charge in [0.05, 0.1) is 23.3 Å². The van der Waals surface area contributed by atoms with Crippen LogP contribution in [0.5, 0.6) is 11.6 Å². The lowest BCUT2D eigenvalue weighted by Gasteiger charge is -2.08. The number of halogens is 1. The van der Waals surface area contributed by atoms with Gasteiger partial charge in [0.1, 0.15) is 5.75 Å². The van der Waals surface area contributed by atoms with Crippen molar-refractivity contribution in [1.29, 1.82) is 0 Å². The second-order valence-electron chi connectivity index (χ2n) is 4.82. The number of hydrogen-bond donors (Lipinski definition) is 3. The molecule has 0 aliphatic heterocycles. The molecule has 0 aliphatic rings. The number of hydrogen-bond acceptors (Lipinski definition) is 4. The van der Waals surface area contributed by atoms with E-state index in [0.717, 1.165) is 0 Å². The van der Waals surface area contributed by atoms with Gasteiger partial charge in [-0.1, -0.05) is 29.8 Å². The summed E-state index contributed by atoms with van der Waals surface area (Å²) in [6, 6.07) is 12.6. The number of H-pyrrole nitrogens is 1. The van der Waals surface area contributed by atoms with E-state index in [1.807, 2.05) is 12.1 Å². The van der Waals surface area contributed by atoms with Crippen LogP contribution < -0.4 is 10.1 Å². The summed E-state index contributed by atoms with van der Waals surface area (Å²) in [4.78, 5) is 2.79. The molecule has 0 radical (unpaired) electrons. The van der Waals surface area contributed by atoms with E-state index in [1.165, 1.54) is 0 Å². The number of aromatic hydroxyl groups is 1. The molecule has 0 atom stereocenters. The zero-order chi connectivity index (χ0) is 17.1. The third-order valence-electron chi connectivity index (χ3n) is 3.32. The van der Waals surface area contributed by atoms with E-state index >= 15 is 0 Å². The number of thiocarbonyl (C=S) groups is 1. The van der Waals surface area contributed by atoms with Crippen LogP contribution in [0.3, 0.4) is 0 Å². The van der Waals surface area contributed by atoms with E-state index in [9.17, 15) is 5.11 Å². The minimum Gasteiger partial charge on any atom is -0.495 e. The summed E-state index contributed by atoms with van der Waals surface area (Å²) < 4.78 is 5.23. The maximum absolute atomic E-state index is 9.99. The van der Waals surface area contributed by atoms with Crippen molar-refractivity contribution < 1.29 is 9.84 Å². The second-order valence-corrected chi connectivity index (χ2v) is 5.61. The first-order chi connectivity index (χ1) is 11.6. The number of aromatic amines is 1. The molecule has 0 fully saturated rings. The van der Waals surface area contributed by atoms with Gasteiger partial charge in [0, 0.05) is 5.39 Å². The molecule has 0 aliphatic carbocycles. The standard InChI is InChI=1S/C16H13ClN4O2S/c1-23-12-8-3-2-6-10(12)19-16(24)21-20-14-13-9(17)5-4-7-11(13)18-15(14)22/h2-8,18,22H,1H3,(H,19,24). The number of rotatable bonds is 3. The fraction of sp³-hybridized carbons (Fsp3) is 0.0625. The van der Waals surface area contributed by atoms with Gasteiger partial charge in [-0.3, -0.25) is 0 Å². The molecular weight excluding hydrogens is 348 g/mol. The van der Waals surface area contributed by atoms with Gasteiger partial charge in [0.15, 0.2) is 5.69 Å². The Labute approximate surface area is 148 Å². The Morgan fingerprint density at radius 2 is 2.04 bits per heavy atom. The van der Waals surface area contributed by atoms with Gasteiger partial charge in [-0.05, 0) is 36.5 Å². The Balaban J connectivity index is 1.86. The minimum absolute atomic E-state index is 0.123. The molecule has 8 heteroatoms. The lowest BCUT2D eigenvalue weighted by atomic mass is 10.2. The zero-order valence-electron chi connectivity index (χ0n) is 12.6. The predicted molar refractivity (Wildman–Crippen MR) is 98.7 cm³/mol. The quantitative estimate of drug-likeness (QED) is 0.452. The smallest absolute Gasteiger partial charge is 0.218 e. The minimum atomic E-state index is -0.123. The molecule has 6 nitrogen and oxygen atoms in total. The number of azo groups is 1. The normalized spacial score (nSPS) is 11.1. The Bertz CT molecular complexity index is 939. The lowest BCUT2D eigenvalue weighted by Crippen LogP contribution is -2.06. The van der Waals surface area contributed by atoms with E-state index in [0.29, 0.717) is 27.4 Å². The molecule has 0 spiro atoms. The van der Waals surface area contributed by atoms with Crippen LogP contribution in [0.1, 0.15) is 0 Å². The summed E-state index contributed by atoms with van der Waals surface area (Å²) >= 11 is 11.3. The van der Waals surface area contributed by atoms with Gasteiger partial charge >= 0.3 is 0 Å². The largest absolute Gasteiger partial charge is 0.495 e. The van der Waals surface area contributed by atoms with Crippen LogP contribution in [0, 0.1) is 0 Å². The van der Waals surface area contributed by atoms with Crippen LogP contribution in [0.4, 0.5) is 11.4 Å². The fourth-order valence-corrected chi connectivity index (χ4v) is 2.67. The molecule has 0 saturated carbocycles. The van der Waals surface area contributed by atoms with Crippen molar-refractivity contribution in [2.75, 3.05) is 12.4 Å². The maximum Gasteiger partial charge on any atom is 0.218 e. The average Bonchev–Trinajstić information content (AvgIpc) is 2.90. The molecule has 1 aromatic heterocycles. The summed E-state index contributed by atoms with van der Waals surface area (Å²) in [7, 11) is 1.57. The van der Waals surface area contributed by atoms with Crippen molar-refractivity contribution in [2.45, 2.75) is 0 Å².